The fourth-order valence-electron chi connectivity index (χ4n) is 2.87. The van der Waals surface area contributed by atoms with Crippen molar-refractivity contribution in [3.05, 3.63) is 0 Å². The van der Waals surface area contributed by atoms with Crippen LogP contribution in [0.3, 0.4) is 0 Å². The Labute approximate surface area is 82.5 Å². The highest BCUT2D eigenvalue weighted by atomic mass is 15.2. The molecule has 0 N–H and O–H groups in total. The Balaban J connectivity index is 1.83. The van der Waals surface area contributed by atoms with Crippen LogP contribution in [0.5, 0.6) is 0 Å². The van der Waals surface area contributed by atoms with Crippen molar-refractivity contribution in [3.63, 3.8) is 0 Å². The molecule has 0 bridgehead atoms. The molecule has 0 aromatic carbocycles. The summed E-state index contributed by atoms with van der Waals surface area (Å²) in [5.74, 6) is 0.999. The van der Waals surface area contributed by atoms with Crippen LogP contribution in [0.1, 0.15) is 46.5 Å². The van der Waals surface area contributed by atoms with Gasteiger partial charge in [-0.05, 0) is 38.0 Å². The molecule has 2 rings (SSSR count). The molecule has 76 valence electrons. The Hall–Kier alpha value is -0.0400. The summed E-state index contributed by atoms with van der Waals surface area (Å²) in [6.07, 6.45) is 5.95. The van der Waals surface area contributed by atoms with Gasteiger partial charge in [-0.2, -0.15) is 0 Å². The molecule has 0 aromatic rings. The second kappa shape index (κ2) is 3.27. The van der Waals surface area contributed by atoms with Gasteiger partial charge in [0.15, 0.2) is 0 Å². The minimum atomic E-state index is 0.761. The number of nitrogens with zero attached hydrogens (tertiary/aromatic N) is 1. The van der Waals surface area contributed by atoms with Crippen LogP contribution in [0.2, 0.25) is 0 Å². The van der Waals surface area contributed by atoms with E-state index in [-0.39, 0.29) is 0 Å². The maximum atomic E-state index is 2.62. The second-order valence-electron chi connectivity index (χ2n) is 5.68. The molecule has 1 heterocycles. The third-order valence-corrected chi connectivity index (χ3v) is 4.14. The molecule has 1 spiro atoms. The smallest absolute Gasteiger partial charge is 0.00532 e. The number of likely N-dealkylation sites (tertiary alicyclic amines) is 1. The van der Waals surface area contributed by atoms with E-state index in [1.807, 2.05) is 0 Å². The van der Waals surface area contributed by atoms with Crippen molar-refractivity contribution in [2.75, 3.05) is 13.1 Å². The van der Waals surface area contributed by atoms with Gasteiger partial charge in [0, 0.05) is 19.1 Å². The van der Waals surface area contributed by atoms with Crippen LogP contribution in [-0.2, 0) is 0 Å². The van der Waals surface area contributed by atoms with E-state index in [0.29, 0.717) is 0 Å². The molecule has 1 nitrogen and oxygen atoms in total. The van der Waals surface area contributed by atoms with Crippen LogP contribution in [0, 0.1) is 11.3 Å². The highest BCUT2D eigenvalue weighted by molar-refractivity contribution is 4.98. The average molecular weight is 181 g/mol. The van der Waals surface area contributed by atoms with Crippen LogP contribution in [0.4, 0.5) is 0 Å². The van der Waals surface area contributed by atoms with E-state index < -0.39 is 0 Å². The Bertz CT molecular complexity index is 170. The molecular weight excluding hydrogens is 158 g/mol. The molecule has 1 saturated heterocycles. The van der Waals surface area contributed by atoms with Crippen LogP contribution in [-0.4, -0.2) is 24.0 Å². The Morgan fingerprint density at radius 1 is 1.15 bits per heavy atom. The Morgan fingerprint density at radius 3 is 2.15 bits per heavy atom. The third-order valence-electron chi connectivity index (χ3n) is 4.14. The molecule has 2 fully saturated rings. The maximum Gasteiger partial charge on any atom is 0.00532 e. The zero-order valence-corrected chi connectivity index (χ0v) is 9.34. The molecular formula is C12H23N. The molecule has 2 aliphatic rings. The highest BCUT2D eigenvalue weighted by Gasteiger charge is 2.44. The quantitative estimate of drug-likeness (QED) is 0.601. The van der Waals surface area contributed by atoms with Gasteiger partial charge < -0.3 is 0 Å². The first-order valence-electron chi connectivity index (χ1n) is 5.85. The fourth-order valence-corrected chi connectivity index (χ4v) is 2.87. The lowest BCUT2D eigenvalue weighted by atomic mass is 9.66. The molecule has 13 heavy (non-hydrogen) atoms. The number of rotatable bonds is 1. The van der Waals surface area contributed by atoms with Gasteiger partial charge in [-0.15, -0.1) is 0 Å². The van der Waals surface area contributed by atoms with Crippen molar-refractivity contribution in [1.82, 2.24) is 4.90 Å². The van der Waals surface area contributed by atoms with Gasteiger partial charge >= 0.3 is 0 Å². The van der Waals surface area contributed by atoms with Gasteiger partial charge in [-0.3, -0.25) is 4.90 Å². The number of hydrogen-bond acceptors (Lipinski definition) is 1. The van der Waals surface area contributed by atoms with E-state index >= 15 is 0 Å². The molecule has 1 heteroatoms. The molecule has 1 aliphatic heterocycles. The van der Waals surface area contributed by atoms with E-state index in [0.717, 1.165) is 17.4 Å². The summed E-state index contributed by atoms with van der Waals surface area (Å²) >= 11 is 0. The SMILES string of the molecule is CC1CCC2(CC1)CN(C(C)C)C2. The van der Waals surface area contributed by atoms with Gasteiger partial charge in [0.1, 0.15) is 0 Å². The van der Waals surface area contributed by atoms with Crippen molar-refractivity contribution in [2.45, 2.75) is 52.5 Å². The molecule has 1 aliphatic carbocycles. The second-order valence-corrected chi connectivity index (χ2v) is 5.68. The minimum Gasteiger partial charge on any atom is -0.300 e. The lowest BCUT2D eigenvalue weighted by molar-refractivity contribution is -0.0538. The fraction of sp³-hybridized carbons (Fsp3) is 1.00. The van der Waals surface area contributed by atoms with Crippen LogP contribution >= 0.6 is 0 Å². The summed E-state index contributed by atoms with van der Waals surface area (Å²) in [5.41, 5.74) is 0.761. The summed E-state index contributed by atoms with van der Waals surface area (Å²) in [6, 6.07) is 0.768. The topological polar surface area (TPSA) is 3.24 Å². The van der Waals surface area contributed by atoms with Crippen molar-refractivity contribution < 1.29 is 0 Å². The first-order valence-corrected chi connectivity index (χ1v) is 5.85. The zero-order valence-electron chi connectivity index (χ0n) is 9.34. The van der Waals surface area contributed by atoms with Crippen molar-refractivity contribution >= 4 is 0 Å². The molecule has 0 aromatic heterocycles. The van der Waals surface area contributed by atoms with Gasteiger partial charge in [-0.25, -0.2) is 0 Å². The zero-order chi connectivity index (χ0) is 9.47. The first kappa shape index (κ1) is 9.51. The minimum absolute atomic E-state index is 0.761. The van der Waals surface area contributed by atoms with Gasteiger partial charge in [0.25, 0.3) is 0 Å². The van der Waals surface area contributed by atoms with Crippen LogP contribution in [0.25, 0.3) is 0 Å². The Kier molecular flexibility index (Phi) is 2.39. The van der Waals surface area contributed by atoms with E-state index in [9.17, 15) is 0 Å². The predicted molar refractivity (Wildman–Crippen MR) is 56.8 cm³/mol. The van der Waals surface area contributed by atoms with E-state index in [1.54, 1.807) is 0 Å². The monoisotopic (exact) mass is 181 g/mol. The number of hydrogen-bond donors (Lipinski definition) is 0. The maximum absolute atomic E-state index is 2.62. The largest absolute Gasteiger partial charge is 0.300 e. The van der Waals surface area contributed by atoms with Gasteiger partial charge in [-0.1, -0.05) is 19.8 Å². The highest BCUT2D eigenvalue weighted by Crippen LogP contribution is 2.45. The first-order chi connectivity index (χ1) is 6.11. The summed E-state index contributed by atoms with van der Waals surface area (Å²) in [5, 5.41) is 0. The summed E-state index contributed by atoms with van der Waals surface area (Å²) in [7, 11) is 0. The molecule has 1 saturated carbocycles. The standard InChI is InChI=1S/C12H23N/c1-10(2)13-8-12(9-13)6-4-11(3)5-7-12/h10-11H,4-9H2,1-3H3. The van der Waals surface area contributed by atoms with Gasteiger partial charge in [0.2, 0.25) is 0 Å². The van der Waals surface area contributed by atoms with Crippen LogP contribution < -0.4 is 0 Å². The Morgan fingerprint density at radius 2 is 1.69 bits per heavy atom. The summed E-state index contributed by atoms with van der Waals surface area (Å²) in [6.45, 7) is 9.82. The van der Waals surface area contributed by atoms with Gasteiger partial charge in [0.05, 0.1) is 0 Å². The van der Waals surface area contributed by atoms with E-state index in [1.165, 1.54) is 38.8 Å². The summed E-state index contributed by atoms with van der Waals surface area (Å²) < 4.78 is 0. The predicted octanol–water partition coefficient (Wildman–Crippen LogP) is 2.91. The average Bonchev–Trinajstić information content (AvgIpc) is 2.02. The van der Waals surface area contributed by atoms with E-state index in [4.69, 9.17) is 0 Å². The van der Waals surface area contributed by atoms with Crippen molar-refractivity contribution in [3.8, 4) is 0 Å². The molecule has 0 atom stereocenters. The van der Waals surface area contributed by atoms with E-state index in [2.05, 4.69) is 25.7 Å². The third kappa shape index (κ3) is 1.76. The normalized spacial score (nSPS) is 29.5. The van der Waals surface area contributed by atoms with Crippen molar-refractivity contribution in [2.24, 2.45) is 11.3 Å². The summed E-state index contributed by atoms with van der Waals surface area (Å²) in [4.78, 5) is 2.62. The lowest BCUT2D eigenvalue weighted by Crippen LogP contribution is -2.59. The van der Waals surface area contributed by atoms with Crippen LogP contribution in [0.15, 0.2) is 0 Å². The molecule has 0 radical (unpaired) electrons. The molecule has 0 unspecified atom stereocenters. The van der Waals surface area contributed by atoms with Crippen molar-refractivity contribution in [1.29, 1.82) is 0 Å². The molecule has 0 amide bonds. The lowest BCUT2D eigenvalue weighted by Gasteiger charge is -2.55.